The molecule has 0 fully saturated rings. The van der Waals surface area contributed by atoms with Gasteiger partial charge in [-0.25, -0.2) is 10.6 Å². The molecule has 2 aromatic rings. The molecule has 138 valence electrons. The van der Waals surface area contributed by atoms with Gasteiger partial charge in [-0.05, 0) is 36.3 Å². The summed E-state index contributed by atoms with van der Waals surface area (Å²) in [6.45, 7) is 4.87. The number of carbonyl (C=O) groups excluding carboxylic acids is 1. The predicted octanol–water partition coefficient (Wildman–Crippen LogP) is 3.10. The number of hydrazine groups is 1. The van der Waals surface area contributed by atoms with Crippen LogP contribution in [-0.4, -0.2) is 45.5 Å². The third-order valence-corrected chi connectivity index (χ3v) is 4.62. The summed E-state index contributed by atoms with van der Waals surface area (Å²) in [4.78, 5) is 14.7. The number of carbonyl (C=O) groups is 1. The summed E-state index contributed by atoms with van der Waals surface area (Å²) in [6, 6.07) is 7.99. The van der Waals surface area contributed by atoms with Gasteiger partial charge in [-0.15, -0.1) is 0 Å². The Labute approximate surface area is 156 Å². The molecular weight excluding hydrogens is 354 g/mol. The highest BCUT2D eigenvalue weighted by Crippen LogP contribution is 2.33. The predicted molar refractivity (Wildman–Crippen MR) is 102 cm³/mol. The summed E-state index contributed by atoms with van der Waals surface area (Å²) < 4.78 is 0. The number of hydrogen-bond acceptors (Lipinski definition) is 5. The van der Waals surface area contributed by atoms with Crippen LogP contribution in [0.3, 0.4) is 0 Å². The monoisotopic (exact) mass is 375 g/mol. The van der Waals surface area contributed by atoms with Crippen LogP contribution < -0.4 is 5.48 Å². The largest absolute Gasteiger partial charge is 0.357 e. The van der Waals surface area contributed by atoms with Crippen molar-refractivity contribution in [3.8, 4) is 0 Å². The van der Waals surface area contributed by atoms with Gasteiger partial charge < -0.3 is 4.98 Å². The number of hydroxylamine groups is 1. The van der Waals surface area contributed by atoms with E-state index in [-0.39, 0.29) is 6.04 Å². The molecule has 26 heavy (non-hydrogen) atoms. The zero-order valence-electron chi connectivity index (χ0n) is 14.9. The Bertz CT molecular complexity index is 874. The molecule has 1 aliphatic heterocycles. The Balaban J connectivity index is 1.86. The average molecular weight is 376 g/mol. The van der Waals surface area contributed by atoms with Gasteiger partial charge in [0.1, 0.15) is 0 Å². The number of nitrogens with zero attached hydrogens (tertiary/aromatic N) is 3. The van der Waals surface area contributed by atoms with Crippen molar-refractivity contribution < 1.29 is 10.0 Å². The maximum absolute atomic E-state index is 11.2. The summed E-state index contributed by atoms with van der Waals surface area (Å²) in [5.74, 6) is -0.262. The van der Waals surface area contributed by atoms with Crippen molar-refractivity contribution in [3.63, 3.8) is 0 Å². The molecule has 0 aliphatic carbocycles. The number of rotatable bonds is 5. The Hall–Kier alpha value is -2.35. The van der Waals surface area contributed by atoms with Gasteiger partial charge in [0.2, 0.25) is 0 Å². The SMILES string of the molecule is CC(C)C(c1cc2cc(Cl)ccc2[nH]1)N1CC(/C=C/C(=O)NO)=NN1C. The summed E-state index contributed by atoms with van der Waals surface area (Å²) in [5, 5.41) is 18.8. The second kappa shape index (κ2) is 7.49. The third-order valence-electron chi connectivity index (χ3n) is 4.38. The maximum Gasteiger partial charge on any atom is 0.267 e. The summed E-state index contributed by atoms with van der Waals surface area (Å²) in [5.41, 5.74) is 4.43. The normalized spacial score (nSPS) is 16.7. The minimum atomic E-state index is -0.582. The molecule has 1 aromatic carbocycles. The molecular formula is C18H22ClN5O2. The van der Waals surface area contributed by atoms with Gasteiger partial charge in [0.25, 0.3) is 5.91 Å². The average Bonchev–Trinajstić information content (AvgIpc) is 3.16. The van der Waals surface area contributed by atoms with Gasteiger partial charge in [0.15, 0.2) is 0 Å². The zero-order valence-corrected chi connectivity index (χ0v) is 15.7. The molecule has 2 heterocycles. The van der Waals surface area contributed by atoms with Crippen molar-refractivity contribution in [3.05, 3.63) is 47.1 Å². The minimum absolute atomic E-state index is 0.0764. The Morgan fingerprint density at radius 3 is 2.88 bits per heavy atom. The first-order chi connectivity index (χ1) is 12.4. The lowest BCUT2D eigenvalue weighted by Gasteiger charge is -2.34. The molecule has 0 radical (unpaired) electrons. The number of fused-ring (bicyclic) bond motifs is 1. The lowest BCUT2D eigenvalue weighted by Crippen LogP contribution is -2.39. The van der Waals surface area contributed by atoms with Crippen LogP contribution in [0.1, 0.15) is 25.6 Å². The number of hydrogen-bond donors (Lipinski definition) is 3. The van der Waals surface area contributed by atoms with Crippen molar-refractivity contribution >= 4 is 34.1 Å². The number of amides is 1. The fourth-order valence-corrected chi connectivity index (χ4v) is 3.45. The molecule has 3 rings (SSSR count). The van der Waals surface area contributed by atoms with E-state index in [1.165, 1.54) is 6.08 Å². The Kier molecular flexibility index (Phi) is 5.31. The summed E-state index contributed by atoms with van der Waals surface area (Å²) in [6.07, 6.45) is 2.86. The lowest BCUT2D eigenvalue weighted by atomic mass is 10.00. The molecule has 7 nitrogen and oxygen atoms in total. The molecule has 1 unspecified atom stereocenters. The van der Waals surface area contributed by atoms with E-state index in [0.717, 1.165) is 22.3 Å². The molecule has 0 saturated carbocycles. The van der Waals surface area contributed by atoms with Crippen LogP contribution >= 0.6 is 11.6 Å². The van der Waals surface area contributed by atoms with E-state index < -0.39 is 5.91 Å². The second-order valence-corrected chi connectivity index (χ2v) is 7.07. The highest BCUT2D eigenvalue weighted by molar-refractivity contribution is 6.31. The summed E-state index contributed by atoms with van der Waals surface area (Å²) >= 11 is 6.10. The standard InChI is InChI=1S/C18H22ClN5O2/c1-11(2)18(16-9-12-8-13(19)4-6-15(12)20-16)24-10-14(21-23(24)3)5-7-17(25)22-26/h4-9,11,18,20,26H,10H2,1-3H3,(H,22,25)/b7-5+. The van der Waals surface area contributed by atoms with Crippen molar-refractivity contribution in [2.75, 3.05) is 13.6 Å². The van der Waals surface area contributed by atoms with Gasteiger partial charge in [-0.3, -0.25) is 10.0 Å². The van der Waals surface area contributed by atoms with Crippen LogP contribution in [0.5, 0.6) is 0 Å². The van der Waals surface area contributed by atoms with Gasteiger partial charge in [0, 0.05) is 34.7 Å². The second-order valence-electron chi connectivity index (χ2n) is 6.63. The first kappa shape index (κ1) is 18.4. The van der Waals surface area contributed by atoms with Crippen molar-refractivity contribution in [2.24, 2.45) is 11.0 Å². The smallest absolute Gasteiger partial charge is 0.267 e. The molecule has 0 bridgehead atoms. The van der Waals surface area contributed by atoms with E-state index in [2.05, 4.69) is 35.0 Å². The fourth-order valence-electron chi connectivity index (χ4n) is 3.27. The van der Waals surface area contributed by atoms with E-state index in [1.807, 2.05) is 25.2 Å². The highest BCUT2D eigenvalue weighted by Gasteiger charge is 2.32. The highest BCUT2D eigenvalue weighted by atomic mass is 35.5. The maximum atomic E-state index is 11.2. The number of hydrazone groups is 1. The van der Waals surface area contributed by atoms with Crippen LogP contribution in [0.15, 0.2) is 41.5 Å². The number of aromatic amines is 1. The van der Waals surface area contributed by atoms with Crippen LogP contribution in [0, 0.1) is 5.92 Å². The molecule has 1 atom stereocenters. The van der Waals surface area contributed by atoms with E-state index in [4.69, 9.17) is 16.8 Å². The number of aromatic nitrogens is 1. The van der Waals surface area contributed by atoms with Gasteiger partial charge >= 0.3 is 0 Å². The fraction of sp³-hybridized carbons (Fsp3) is 0.333. The number of benzene rings is 1. The molecule has 0 saturated heterocycles. The summed E-state index contributed by atoms with van der Waals surface area (Å²) in [7, 11) is 1.88. The van der Waals surface area contributed by atoms with Crippen molar-refractivity contribution in [1.29, 1.82) is 0 Å². The first-order valence-electron chi connectivity index (χ1n) is 8.37. The first-order valence-corrected chi connectivity index (χ1v) is 8.75. The number of nitrogens with one attached hydrogen (secondary N) is 2. The molecule has 1 aliphatic rings. The molecule has 1 aromatic heterocycles. The number of halogens is 1. The van der Waals surface area contributed by atoms with E-state index >= 15 is 0 Å². The van der Waals surface area contributed by atoms with Crippen molar-refractivity contribution in [1.82, 2.24) is 20.6 Å². The Morgan fingerprint density at radius 1 is 1.42 bits per heavy atom. The van der Waals surface area contributed by atoms with E-state index in [9.17, 15) is 4.79 Å². The van der Waals surface area contributed by atoms with E-state index in [0.29, 0.717) is 17.5 Å². The van der Waals surface area contributed by atoms with Crippen LogP contribution in [0.25, 0.3) is 10.9 Å². The van der Waals surface area contributed by atoms with Gasteiger partial charge in [-0.1, -0.05) is 25.4 Å². The van der Waals surface area contributed by atoms with Gasteiger partial charge in [-0.2, -0.15) is 10.1 Å². The third kappa shape index (κ3) is 3.75. The quantitative estimate of drug-likeness (QED) is 0.426. The van der Waals surface area contributed by atoms with Crippen molar-refractivity contribution in [2.45, 2.75) is 19.9 Å². The molecule has 3 N–H and O–H groups in total. The van der Waals surface area contributed by atoms with Crippen LogP contribution in [-0.2, 0) is 4.79 Å². The molecule has 0 spiro atoms. The lowest BCUT2D eigenvalue weighted by molar-refractivity contribution is -0.124. The van der Waals surface area contributed by atoms with Gasteiger partial charge in [0.05, 0.1) is 18.3 Å². The number of H-pyrrole nitrogens is 1. The zero-order chi connectivity index (χ0) is 18.8. The van der Waals surface area contributed by atoms with Crippen LogP contribution in [0.4, 0.5) is 0 Å². The van der Waals surface area contributed by atoms with Crippen LogP contribution in [0.2, 0.25) is 5.02 Å². The van der Waals surface area contributed by atoms with E-state index in [1.54, 1.807) is 16.7 Å². The topological polar surface area (TPSA) is 84.0 Å². The minimum Gasteiger partial charge on any atom is -0.357 e. The molecule has 1 amide bonds. The molecule has 8 heteroatoms. The Morgan fingerprint density at radius 2 is 2.19 bits per heavy atom.